The van der Waals surface area contributed by atoms with E-state index in [1.54, 1.807) is 19.1 Å². The molecule has 0 aliphatic rings. The Labute approximate surface area is 86.6 Å². The third kappa shape index (κ3) is 2.44. The maximum absolute atomic E-state index is 11.4. The molecule has 0 saturated carbocycles. The van der Waals surface area contributed by atoms with Gasteiger partial charge in [-0.25, -0.2) is 0 Å². The molecule has 0 amide bonds. The van der Waals surface area contributed by atoms with E-state index >= 15 is 0 Å². The van der Waals surface area contributed by atoms with Crippen molar-refractivity contribution in [3.63, 3.8) is 0 Å². The minimum Gasteiger partial charge on any atom is -0.321 e. The van der Waals surface area contributed by atoms with E-state index in [4.69, 9.17) is 28.9 Å². The Morgan fingerprint density at radius 3 is 2.46 bits per heavy atom. The van der Waals surface area contributed by atoms with Gasteiger partial charge in [0, 0.05) is 5.56 Å². The van der Waals surface area contributed by atoms with Gasteiger partial charge in [0.15, 0.2) is 5.78 Å². The lowest BCUT2D eigenvalue weighted by atomic mass is 10.1. The van der Waals surface area contributed by atoms with Gasteiger partial charge in [-0.2, -0.15) is 0 Å². The number of halogens is 2. The van der Waals surface area contributed by atoms with Crippen LogP contribution < -0.4 is 5.73 Å². The van der Waals surface area contributed by atoms with Crippen LogP contribution in [0.5, 0.6) is 0 Å². The first-order valence-corrected chi connectivity index (χ1v) is 4.53. The molecule has 0 spiro atoms. The summed E-state index contributed by atoms with van der Waals surface area (Å²) in [5, 5.41) is 0.802. The number of ketones is 1. The van der Waals surface area contributed by atoms with E-state index in [0.717, 1.165) is 0 Å². The molecule has 1 unspecified atom stereocenters. The summed E-state index contributed by atoms with van der Waals surface area (Å²) in [5.74, 6) is -0.140. The molecule has 1 rings (SSSR count). The zero-order valence-corrected chi connectivity index (χ0v) is 8.56. The highest BCUT2D eigenvalue weighted by atomic mass is 35.5. The summed E-state index contributed by atoms with van der Waals surface area (Å²) >= 11 is 11.4. The molecule has 0 aliphatic heterocycles. The van der Waals surface area contributed by atoms with Crippen LogP contribution in [0.15, 0.2) is 18.2 Å². The van der Waals surface area contributed by atoms with Crippen molar-refractivity contribution in [2.24, 2.45) is 5.73 Å². The number of Topliss-reactive ketones (excluding diaryl/α,β-unsaturated/α-hetero) is 1. The molecule has 2 N–H and O–H groups in total. The molecule has 70 valence electrons. The number of benzene rings is 1. The molecule has 4 heteroatoms. The van der Waals surface area contributed by atoms with Crippen LogP contribution >= 0.6 is 23.2 Å². The Morgan fingerprint density at radius 2 is 2.00 bits per heavy atom. The third-order valence-electron chi connectivity index (χ3n) is 1.62. The molecule has 0 radical (unpaired) electrons. The van der Waals surface area contributed by atoms with Gasteiger partial charge in [-0.3, -0.25) is 4.79 Å². The zero-order valence-electron chi connectivity index (χ0n) is 7.05. The Hall–Kier alpha value is -0.570. The zero-order chi connectivity index (χ0) is 10.0. The first kappa shape index (κ1) is 10.5. The van der Waals surface area contributed by atoms with Crippen LogP contribution in [0.1, 0.15) is 17.3 Å². The standard InChI is InChI=1S/C9H9Cl2NO/c1-5(12)9(13)6-2-3-7(10)8(11)4-6/h2-5H,12H2,1H3. The highest BCUT2D eigenvalue weighted by molar-refractivity contribution is 6.42. The minimum absolute atomic E-state index is 0.140. The summed E-state index contributed by atoms with van der Waals surface area (Å²) in [6.45, 7) is 1.63. The topological polar surface area (TPSA) is 43.1 Å². The van der Waals surface area contributed by atoms with Crippen LogP contribution in [0.2, 0.25) is 10.0 Å². The second kappa shape index (κ2) is 4.09. The van der Waals surface area contributed by atoms with Crippen molar-refractivity contribution in [2.75, 3.05) is 0 Å². The van der Waals surface area contributed by atoms with Crippen LogP contribution in [0.3, 0.4) is 0 Å². The number of hydrogen-bond donors (Lipinski definition) is 1. The summed E-state index contributed by atoms with van der Waals surface area (Å²) in [4.78, 5) is 11.4. The van der Waals surface area contributed by atoms with E-state index < -0.39 is 6.04 Å². The molecule has 13 heavy (non-hydrogen) atoms. The fourth-order valence-corrected chi connectivity index (χ4v) is 1.21. The number of carbonyl (C=O) groups excluding carboxylic acids is 1. The van der Waals surface area contributed by atoms with Crippen LogP contribution in [-0.4, -0.2) is 11.8 Å². The van der Waals surface area contributed by atoms with Gasteiger partial charge in [0.2, 0.25) is 0 Å². The van der Waals surface area contributed by atoms with Crippen LogP contribution in [-0.2, 0) is 0 Å². The Bertz CT molecular complexity index is 336. The van der Waals surface area contributed by atoms with E-state index in [-0.39, 0.29) is 5.78 Å². The first-order chi connectivity index (χ1) is 6.02. The van der Waals surface area contributed by atoms with Crippen LogP contribution in [0.25, 0.3) is 0 Å². The predicted molar refractivity (Wildman–Crippen MR) is 54.4 cm³/mol. The SMILES string of the molecule is CC(N)C(=O)c1ccc(Cl)c(Cl)c1. The van der Waals surface area contributed by atoms with Gasteiger partial charge < -0.3 is 5.73 Å². The lowest BCUT2D eigenvalue weighted by molar-refractivity contribution is 0.0968. The van der Waals surface area contributed by atoms with Crippen molar-refractivity contribution in [3.05, 3.63) is 33.8 Å². The first-order valence-electron chi connectivity index (χ1n) is 3.77. The molecule has 0 heterocycles. The van der Waals surface area contributed by atoms with Gasteiger partial charge in [0.05, 0.1) is 16.1 Å². The van der Waals surface area contributed by atoms with Crippen LogP contribution in [0.4, 0.5) is 0 Å². The normalized spacial score (nSPS) is 12.6. The van der Waals surface area contributed by atoms with Crippen molar-refractivity contribution in [1.29, 1.82) is 0 Å². The predicted octanol–water partition coefficient (Wildman–Crippen LogP) is 2.52. The number of carbonyl (C=O) groups is 1. The molecular weight excluding hydrogens is 209 g/mol. The molecule has 0 aliphatic carbocycles. The lowest BCUT2D eigenvalue weighted by Gasteiger charge is -2.04. The number of nitrogens with two attached hydrogens (primary N) is 1. The summed E-state index contributed by atoms with van der Waals surface area (Å²) in [7, 11) is 0. The van der Waals surface area contributed by atoms with Crippen molar-refractivity contribution in [1.82, 2.24) is 0 Å². The average Bonchev–Trinajstić information content (AvgIpc) is 2.08. The van der Waals surface area contributed by atoms with Crippen molar-refractivity contribution in [2.45, 2.75) is 13.0 Å². The highest BCUT2D eigenvalue weighted by Crippen LogP contribution is 2.22. The van der Waals surface area contributed by atoms with Crippen LogP contribution in [0, 0.1) is 0 Å². The van der Waals surface area contributed by atoms with Gasteiger partial charge in [-0.15, -0.1) is 0 Å². The van der Waals surface area contributed by atoms with Gasteiger partial charge >= 0.3 is 0 Å². The fourth-order valence-electron chi connectivity index (χ4n) is 0.912. The van der Waals surface area contributed by atoms with Crippen molar-refractivity contribution >= 4 is 29.0 Å². The average molecular weight is 218 g/mol. The van der Waals surface area contributed by atoms with Crippen molar-refractivity contribution < 1.29 is 4.79 Å². The maximum atomic E-state index is 11.4. The lowest BCUT2D eigenvalue weighted by Crippen LogP contribution is -2.26. The number of hydrogen-bond acceptors (Lipinski definition) is 2. The molecule has 2 nitrogen and oxygen atoms in total. The van der Waals surface area contributed by atoms with Gasteiger partial charge in [-0.1, -0.05) is 23.2 Å². The molecular formula is C9H9Cl2NO. The highest BCUT2D eigenvalue weighted by Gasteiger charge is 2.11. The van der Waals surface area contributed by atoms with E-state index in [0.29, 0.717) is 15.6 Å². The molecule has 0 saturated heterocycles. The molecule has 1 aromatic carbocycles. The summed E-state index contributed by atoms with van der Waals surface area (Å²) in [6, 6.07) is 4.20. The molecule has 1 atom stereocenters. The summed E-state index contributed by atoms with van der Waals surface area (Å²) < 4.78 is 0. The second-order valence-electron chi connectivity index (χ2n) is 2.78. The molecule has 0 fully saturated rings. The quantitative estimate of drug-likeness (QED) is 0.775. The Morgan fingerprint density at radius 1 is 1.38 bits per heavy atom. The third-order valence-corrected chi connectivity index (χ3v) is 2.36. The van der Waals surface area contributed by atoms with Gasteiger partial charge in [0.25, 0.3) is 0 Å². The van der Waals surface area contributed by atoms with Gasteiger partial charge in [-0.05, 0) is 25.1 Å². The van der Waals surface area contributed by atoms with E-state index in [1.165, 1.54) is 6.07 Å². The Kier molecular flexibility index (Phi) is 3.31. The van der Waals surface area contributed by atoms with E-state index in [2.05, 4.69) is 0 Å². The molecule has 0 bridgehead atoms. The molecule has 0 aromatic heterocycles. The minimum atomic E-state index is -0.516. The van der Waals surface area contributed by atoms with E-state index in [1.807, 2.05) is 0 Å². The van der Waals surface area contributed by atoms with Gasteiger partial charge in [0.1, 0.15) is 0 Å². The summed E-state index contributed by atoms with van der Waals surface area (Å²) in [5.41, 5.74) is 5.92. The Balaban J connectivity index is 3.04. The fraction of sp³-hybridized carbons (Fsp3) is 0.222. The van der Waals surface area contributed by atoms with Crippen molar-refractivity contribution in [3.8, 4) is 0 Å². The monoisotopic (exact) mass is 217 g/mol. The summed E-state index contributed by atoms with van der Waals surface area (Å²) in [6.07, 6.45) is 0. The molecule has 1 aromatic rings. The number of rotatable bonds is 2. The smallest absolute Gasteiger partial charge is 0.179 e. The largest absolute Gasteiger partial charge is 0.321 e. The van der Waals surface area contributed by atoms with E-state index in [9.17, 15) is 4.79 Å². The second-order valence-corrected chi connectivity index (χ2v) is 3.60. The maximum Gasteiger partial charge on any atom is 0.179 e.